The van der Waals surface area contributed by atoms with Crippen LogP contribution in [0.25, 0.3) is 10.9 Å². The summed E-state index contributed by atoms with van der Waals surface area (Å²) in [6.45, 7) is 0. The lowest BCUT2D eigenvalue weighted by Crippen LogP contribution is -2.94. The Morgan fingerprint density at radius 3 is 3.00 bits per heavy atom. The van der Waals surface area contributed by atoms with Crippen molar-refractivity contribution in [3.63, 3.8) is 0 Å². The number of hydrogen-bond acceptors (Lipinski definition) is 4. The molecule has 1 spiro atoms. The maximum absolute atomic E-state index is 10.6. The smallest absolute Gasteiger partial charge is 0.137 e. The average Bonchev–Trinajstić information content (AvgIpc) is 2.45. The SMILES string of the molecule is OC12CC3CC4C(Nc5nc(Cl)cc6ncccc56)C(C1)C342. The Morgan fingerprint density at radius 2 is 2.23 bits per heavy atom. The molecule has 4 nitrogen and oxygen atoms in total. The molecule has 112 valence electrons. The first-order chi connectivity index (χ1) is 10.6. The molecule has 5 heteroatoms. The topological polar surface area (TPSA) is 58.0 Å². The van der Waals surface area contributed by atoms with Crippen molar-refractivity contribution in [1.29, 1.82) is 0 Å². The predicted molar refractivity (Wildman–Crippen MR) is 83.7 cm³/mol. The van der Waals surface area contributed by atoms with E-state index in [1.165, 1.54) is 6.42 Å². The highest BCUT2D eigenvalue weighted by atomic mass is 35.5. The zero-order valence-electron chi connectivity index (χ0n) is 12.0. The van der Waals surface area contributed by atoms with E-state index in [1.807, 2.05) is 12.1 Å². The number of halogens is 1. The van der Waals surface area contributed by atoms with E-state index in [0.717, 1.165) is 35.5 Å². The van der Waals surface area contributed by atoms with Gasteiger partial charge in [0.1, 0.15) is 11.0 Å². The summed E-state index contributed by atoms with van der Waals surface area (Å²) in [7, 11) is 0. The summed E-state index contributed by atoms with van der Waals surface area (Å²) in [5.74, 6) is 2.85. The van der Waals surface area contributed by atoms with E-state index < -0.39 is 0 Å². The molecular formula is C17H16ClN3O. The molecule has 2 N–H and O–H groups in total. The van der Waals surface area contributed by atoms with Gasteiger partial charge in [-0.3, -0.25) is 4.98 Å². The second-order valence-corrected chi connectivity index (χ2v) is 7.94. The fourth-order valence-corrected chi connectivity index (χ4v) is 6.59. The highest BCUT2D eigenvalue weighted by molar-refractivity contribution is 6.30. The molecule has 0 saturated heterocycles. The summed E-state index contributed by atoms with van der Waals surface area (Å²) in [5.41, 5.74) is 0.825. The summed E-state index contributed by atoms with van der Waals surface area (Å²) in [5, 5.41) is 15.7. The van der Waals surface area contributed by atoms with Crippen LogP contribution in [0.2, 0.25) is 5.15 Å². The monoisotopic (exact) mass is 313 g/mol. The summed E-state index contributed by atoms with van der Waals surface area (Å²) in [6.07, 6.45) is 5.02. The van der Waals surface area contributed by atoms with Crippen LogP contribution in [0.1, 0.15) is 19.3 Å². The van der Waals surface area contributed by atoms with E-state index in [4.69, 9.17) is 11.6 Å². The number of nitrogens with one attached hydrogen (secondary N) is 1. The maximum Gasteiger partial charge on any atom is 0.137 e. The van der Waals surface area contributed by atoms with Crippen LogP contribution in [0.4, 0.5) is 5.82 Å². The fourth-order valence-electron chi connectivity index (χ4n) is 6.40. The molecule has 2 heterocycles. The van der Waals surface area contributed by atoms with Crippen LogP contribution in [0, 0.1) is 23.2 Å². The van der Waals surface area contributed by atoms with Gasteiger partial charge in [-0.2, -0.15) is 0 Å². The van der Waals surface area contributed by atoms with Gasteiger partial charge >= 0.3 is 0 Å². The van der Waals surface area contributed by atoms with Gasteiger partial charge < -0.3 is 10.4 Å². The molecule has 0 amide bonds. The van der Waals surface area contributed by atoms with Crippen LogP contribution >= 0.6 is 11.6 Å². The molecule has 0 aromatic carbocycles. The van der Waals surface area contributed by atoms with Gasteiger partial charge in [-0.15, -0.1) is 0 Å². The lowest BCUT2D eigenvalue weighted by Gasteiger charge is -2.91. The Kier molecular flexibility index (Phi) is 1.87. The van der Waals surface area contributed by atoms with E-state index in [-0.39, 0.29) is 11.0 Å². The zero-order valence-corrected chi connectivity index (χ0v) is 12.7. The minimum Gasteiger partial charge on any atom is -0.389 e. The van der Waals surface area contributed by atoms with Gasteiger partial charge in [0.2, 0.25) is 0 Å². The van der Waals surface area contributed by atoms with E-state index >= 15 is 0 Å². The Bertz CT molecular complexity index is 834. The Morgan fingerprint density at radius 1 is 1.32 bits per heavy atom. The van der Waals surface area contributed by atoms with Crippen LogP contribution in [0.3, 0.4) is 0 Å². The summed E-state index contributed by atoms with van der Waals surface area (Å²) >= 11 is 6.15. The van der Waals surface area contributed by atoms with Crippen LogP contribution in [-0.4, -0.2) is 26.7 Å². The summed E-state index contributed by atoms with van der Waals surface area (Å²) in [6, 6.07) is 6.20. The molecule has 6 rings (SSSR count). The number of anilines is 1. The molecule has 2 aromatic rings. The molecule has 0 radical (unpaired) electrons. The van der Waals surface area contributed by atoms with Crippen molar-refractivity contribution in [3.8, 4) is 0 Å². The third-order valence-corrected chi connectivity index (χ3v) is 7.32. The molecular weight excluding hydrogens is 298 g/mol. The molecule has 4 fully saturated rings. The third-order valence-electron chi connectivity index (χ3n) is 7.13. The zero-order chi connectivity index (χ0) is 14.7. The molecule has 4 saturated carbocycles. The standard InChI is InChI=1S/C17H16ClN3O/c18-13-5-12-9(2-1-3-19-12)15(20-13)21-14-10-4-8-6-16(22)7-11(14)17(8,10)16/h1-3,5,8,10-11,14,22H,4,6-7H2,(H,20,21). The highest BCUT2D eigenvalue weighted by Gasteiger charge is 2.91. The first kappa shape index (κ1) is 12.1. The second-order valence-electron chi connectivity index (χ2n) is 7.55. The quantitative estimate of drug-likeness (QED) is 0.837. The van der Waals surface area contributed by atoms with Gasteiger partial charge in [-0.25, -0.2) is 4.98 Å². The average molecular weight is 314 g/mol. The van der Waals surface area contributed by atoms with Gasteiger partial charge in [0.05, 0.1) is 11.1 Å². The number of hydrogen-bond donors (Lipinski definition) is 2. The number of fused-ring (bicyclic) bond motifs is 1. The predicted octanol–water partition coefficient (Wildman–Crippen LogP) is 2.85. The van der Waals surface area contributed by atoms with Crippen LogP contribution in [0.5, 0.6) is 0 Å². The van der Waals surface area contributed by atoms with Gasteiger partial charge in [0.25, 0.3) is 0 Å². The van der Waals surface area contributed by atoms with Crippen LogP contribution in [-0.2, 0) is 0 Å². The summed E-state index contributed by atoms with van der Waals surface area (Å²) < 4.78 is 0. The molecule has 6 unspecified atom stereocenters. The summed E-state index contributed by atoms with van der Waals surface area (Å²) in [4.78, 5) is 8.86. The molecule has 22 heavy (non-hydrogen) atoms. The molecule has 0 aliphatic heterocycles. The normalized spacial score (nSPS) is 46.5. The van der Waals surface area contributed by atoms with Crippen molar-refractivity contribution in [2.45, 2.75) is 30.9 Å². The minimum atomic E-state index is -0.325. The largest absolute Gasteiger partial charge is 0.389 e. The van der Waals surface area contributed by atoms with Crippen molar-refractivity contribution in [2.75, 3.05) is 5.32 Å². The van der Waals surface area contributed by atoms with Gasteiger partial charge in [0.15, 0.2) is 0 Å². The van der Waals surface area contributed by atoms with Crippen LogP contribution in [0.15, 0.2) is 24.4 Å². The molecule has 4 aliphatic rings. The van der Waals surface area contributed by atoms with E-state index in [9.17, 15) is 5.11 Å². The highest BCUT2D eigenvalue weighted by Crippen LogP contribution is 2.89. The van der Waals surface area contributed by atoms with Crippen molar-refractivity contribution in [2.24, 2.45) is 23.2 Å². The van der Waals surface area contributed by atoms with E-state index in [1.54, 1.807) is 12.3 Å². The first-order valence-electron chi connectivity index (χ1n) is 8.04. The van der Waals surface area contributed by atoms with Crippen molar-refractivity contribution in [3.05, 3.63) is 29.5 Å². The lowest BCUT2D eigenvalue weighted by atomic mass is 9.15. The van der Waals surface area contributed by atoms with Crippen molar-refractivity contribution >= 4 is 28.3 Å². The first-order valence-corrected chi connectivity index (χ1v) is 8.41. The van der Waals surface area contributed by atoms with Crippen molar-refractivity contribution in [1.82, 2.24) is 9.97 Å². The van der Waals surface area contributed by atoms with E-state index in [0.29, 0.717) is 23.0 Å². The third kappa shape index (κ3) is 1.04. The molecule has 6 atom stereocenters. The maximum atomic E-state index is 10.6. The number of rotatable bonds is 2. The van der Waals surface area contributed by atoms with Crippen LogP contribution < -0.4 is 5.32 Å². The van der Waals surface area contributed by atoms with E-state index in [2.05, 4.69) is 15.3 Å². The number of aromatic nitrogens is 2. The number of pyridine rings is 2. The number of aliphatic hydroxyl groups is 1. The fraction of sp³-hybridized carbons (Fsp3) is 0.529. The number of nitrogens with zero attached hydrogens (tertiary/aromatic N) is 2. The molecule has 2 aromatic heterocycles. The Balaban J connectivity index is 1.37. The van der Waals surface area contributed by atoms with Gasteiger partial charge in [-0.1, -0.05) is 11.6 Å². The second kappa shape index (κ2) is 3.41. The van der Waals surface area contributed by atoms with Crippen molar-refractivity contribution < 1.29 is 5.11 Å². The van der Waals surface area contributed by atoms with Gasteiger partial charge in [0, 0.05) is 29.1 Å². The molecule has 4 aliphatic carbocycles. The minimum absolute atomic E-state index is 0.275. The molecule has 0 bridgehead atoms. The Hall–Kier alpha value is -1.39. The van der Waals surface area contributed by atoms with Gasteiger partial charge in [-0.05, 0) is 49.1 Å². The Labute approximate surface area is 132 Å². The lowest BCUT2D eigenvalue weighted by molar-refractivity contribution is -0.453.